The smallest absolute Gasteiger partial charge is 0.297 e. The minimum absolute atomic E-state index is 0.381. The van der Waals surface area contributed by atoms with Crippen LogP contribution in [0.3, 0.4) is 0 Å². The van der Waals surface area contributed by atoms with Crippen molar-refractivity contribution in [1.82, 2.24) is 4.90 Å². The largest absolute Gasteiger partial charge is 0.345 e. The van der Waals surface area contributed by atoms with E-state index in [2.05, 4.69) is 0 Å². The summed E-state index contributed by atoms with van der Waals surface area (Å²) in [6, 6.07) is 0. The summed E-state index contributed by atoms with van der Waals surface area (Å²) in [5.74, 6) is -5.18. The van der Waals surface area contributed by atoms with Crippen LogP contribution in [-0.2, 0) is 14.3 Å². The Bertz CT molecular complexity index is 449. The molecule has 106 valence electrons. The zero-order valence-corrected chi connectivity index (χ0v) is 11.2. The van der Waals surface area contributed by atoms with Crippen molar-refractivity contribution in [3.8, 4) is 0 Å². The highest BCUT2D eigenvalue weighted by Crippen LogP contribution is 2.49. The monoisotopic (exact) mass is 273 g/mol. The van der Waals surface area contributed by atoms with Gasteiger partial charge in [0, 0.05) is 6.20 Å². The van der Waals surface area contributed by atoms with E-state index in [0.29, 0.717) is 6.42 Å². The van der Waals surface area contributed by atoms with Gasteiger partial charge in [-0.05, 0) is 19.4 Å². The van der Waals surface area contributed by atoms with E-state index >= 15 is 0 Å². The van der Waals surface area contributed by atoms with Gasteiger partial charge >= 0.3 is 0 Å². The highest BCUT2D eigenvalue weighted by atomic mass is 19.3. The third kappa shape index (κ3) is 2.08. The molecule has 0 aliphatic carbocycles. The lowest BCUT2D eigenvalue weighted by molar-refractivity contribution is -0.172. The fourth-order valence-corrected chi connectivity index (χ4v) is 2.44. The summed E-state index contributed by atoms with van der Waals surface area (Å²) >= 11 is 0. The first-order valence-electron chi connectivity index (χ1n) is 6.30. The average Bonchev–Trinajstić information content (AvgIpc) is 2.51. The lowest BCUT2D eigenvalue weighted by Gasteiger charge is -2.31. The SMILES string of the molecule is CC[C@@]1(C)O[C@@H](N2C=CC(=O)CC2=O)C(F)(F)[C@@H]1C. The molecule has 0 radical (unpaired) electrons. The normalized spacial score (nSPS) is 38.1. The molecule has 2 aliphatic heterocycles. The minimum Gasteiger partial charge on any atom is -0.345 e. The molecule has 0 aromatic heterocycles. The van der Waals surface area contributed by atoms with Gasteiger partial charge in [0.2, 0.25) is 12.1 Å². The number of carbonyl (C=O) groups excluding carboxylic acids is 2. The molecule has 19 heavy (non-hydrogen) atoms. The molecule has 3 atom stereocenters. The lowest BCUT2D eigenvalue weighted by atomic mass is 9.86. The molecule has 2 rings (SSSR count). The van der Waals surface area contributed by atoms with Crippen LogP contribution in [0.1, 0.15) is 33.6 Å². The van der Waals surface area contributed by atoms with E-state index in [1.165, 1.54) is 6.92 Å². The second kappa shape index (κ2) is 4.37. The Kier molecular flexibility index (Phi) is 3.24. The molecule has 0 saturated carbocycles. The number of ether oxygens (including phenoxy) is 1. The predicted octanol–water partition coefficient (Wildman–Crippen LogP) is 2.10. The number of hydrogen-bond acceptors (Lipinski definition) is 3. The maximum atomic E-state index is 14.3. The van der Waals surface area contributed by atoms with Gasteiger partial charge < -0.3 is 4.74 Å². The number of ketones is 1. The molecule has 1 amide bonds. The number of halogens is 2. The molecular weight excluding hydrogens is 256 g/mol. The van der Waals surface area contributed by atoms with Crippen LogP contribution < -0.4 is 0 Å². The van der Waals surface area contributed by atoms with Crippen molar-refractivity contribution < 1.29 is 23.1 Å². The summed E-state index contributed by atoms with van der Waals surface area (Å²) in [6.07, 6.45) is 0.632. The number of hydrogen-bond donors (Lipinski definition) is 0. The standard InChI is InChI=1S/C13H17F2NO3/c1-4-12(3)8(2)13(14,15)11(19-12)16-6-5-9(17)7-10(16)18/h5-6,8,11H,4,7H2,1-3H3/t8-,11-,12-/m1/s1. The third-order valence-electron chi connectivity index (χ3n) is 4.19. The Hall–Kier alpha value is -1.30. The Labute approximate surface area is 110 Å². The van der Waals surface area contributed by atoms with Gasteiger partial charge in [0.1, 0.15) is 0 Å². The van der Waals surface area contributed by atoms with Crippen molar-refractivity contribution in [1.29, 1.82) is 0 Å². The molecule has 0 N–H and O–H groups in total. The molecule has 0 aromatic rings. The van der Waals surface area contributed by atoms with Gasteiger partial charge in [-0.25, -0.2) is 8.78 Å². The van der Waals surface area contributed by atoms with Gasteiger partial charge in [-0.1, -0.05) is 13.8 Å². The van der Waals surface area contributed by atoms with Crippen molar-refractivity contribution in [2.75, 3.05) is 0 Å². The quantitative estimate of drug-likeness (QED) is 0.724. The molecule has 0 bridgehead atoms. The van der Waals surface area contributed by atoms with Crippen LogP contribution in [0.4, 0.5) is 8.78 Å². The fourth-order valence-electron chi connectivity index (χ4n) is 2.44. The van der Waals surface area contributed by atoms with Crippen molar-refractivity contribution in [3.05, 3.63) is 12.3 Å². The lowest BCUT2D eigenvalue weighted by Crippen LogP contribution is -2.48. The Morgan fingerprint density at radius 2 is 2.11 bits per heavy atom. The summed E-state index contributed by atoms with van der Waals surface area (Å²) in [6.45, 7) is 4.81. The molecule has 0 spiro atoms. The van der Waals surface area contributed by atoms with E-state index in [4.69, 9.17) is 4.74 Å². The van der Waals surface area contributed by atoms with Crippen molar-refractivity contribution in [3.63, 3.8) is 0 Å². The van der Waals surface area contributed by atoms with Crippen LogP contribution in [-0.4, -0.2) is 34.3 Å². The van der Waals surface area contributed by atoms with Gasteiger partial charge in [-0.2, -0.15) is 0 Å². The molecule has 6 heteroatoms. The first-order chi connectivity index (χ1) is 8.72. The number of allylic oxidation sites excluding steroid dienone is 1. The van der Waals surface area contributed by atoms with E-state index in [9.17, 15) is 18.4 Å². The molecule has 0 unspecified atom stereocenters. The first kappa shape index (κ1) is 14.1. The van der Waals surface area contributed by atoms with Crippen molar-refractivity contribution in [2.45, 2.75) is 51.4 Å². The molecule has 2 aliphatic rings. The second-order valence-electron chi connectivity index (χ2n) is 5.29. The summed E-state index contributed by atoms with van der Waals surface area (Å²) < 4.78 is 34.1. The van der Waals surface area contributed by atoms with Crippen molar-refractivity contribution >= 4 is 11.7 Å². The Balaban J connectivity index is 2.33. The Morgan fingerprint density at radius 1 is 1.47 bits per heavy atom. The van der Waals surface area contributed by atoms with Crippen LogP contribution >= 0.6 is 0 Å². The summed E-state index contributed by atoms with van der Waals surface area (Å²) in [5, 5.41) is 0. The van der Waals surface area contributed by atoms with Crippen LogP contribution in [0.15, 0.2) is 12.3 Å². The van der Waals surface area contributed by atoms with Gasteiger partial charge in [-0.3, -0.25) is 14.5 Å². The maximum absolute atomic E-state index is 14.3. The van der Waals surface area contributed by atoms with Crippen LogP contribution in [0.2, 0.25) is 0 Å². The van der Waals surface area contributed by atoms with E-state index in [0.717, 1.165) is 17.2 Å². The fraction of sp³-hybridized carbons (Fsp3) is 0.692. The van der Waals surface area contributed by atoms with Gasteiger partial charge in [0.15, 0.2) is 5.78 Å². The van der Waals surface area contributed by atoms with Crippen LogP contribution in [0.5, 0.6) is 0 Å². The highest BCUT2D eigenvalue weighted by molar-refractivity contribution is 6.06. The van der Waals surface area contributed by atoms with Gasteiger partial charge in [0.25, 0.3) is 5.92 Å². The molecule has 1 saturated heterocycles. The molecule has 1 fully saturated rings. The molecule has 4 nitrogen and oxygen atoms in total. The van der Waals surface area contributed by atoms with Gasteiger partial charge in [-0.15, -0.1) is 0 Å². The van der Waals surface area contributed by atoms with E-state index < -0.39 is 29.6 Å². The molecular formula is C13H17F2NO3. The zero-order valence-electron chi connectivity index (χ0n) is 11.2. The van der Waals surface area contributed by atoms with E-state index in [1.807, 2.05) is 0 Å². The van der Waals surface area contributed by atoms with Crippen LogP contribution in [0.25, 0.3) is 0 Å². The first-order valence-corrected chi connectivity index (χ1v) is 6.30. The van der Waals surface area contributed by atoms with E-state index in [1.54, 1.807) is 13.8 Å². The number of alkyl halides is 2. The number of amides is 1. The summed E-state index contributed by atoms with van der Waals surface area (Å²) in [5.41, 5.74) is -0.982. The number of nitrogens with zero attached hydrogens (tertiary/aromatic N) is 1. The minimum atomic E-state index is -3.15. The zero-order chi connectivity index (χ0) is 14.4. The maximum Gasteiger partial charge on any atom is 0.297 e. The van der Waals surface area contributed by atoms with Crippen molar-refractivity contribution in [2.24, 2.45) is 5.92 Å². The Morgan fingerprint density at radius 3 is 2.58 bits per heavy atom. The van der Waals surface area contributed by atoms with Crippen LogP contribution in [0, 0.1) is 5.92 Å². The predicted molar refractivity (Wildman–Crippen MR) is 63.3 cm³/mol. The molecule has 2 heterocycles. The highest BCUT2D eigenvalue weighted by Gasteiger charge is 2.63. The number of rotatable bonds is 2. The molecule has 0 aromatic carbocycles. The number of carbonyl (C=O) groups is 2. The summed E-state index contributed by atoms with van der Waals surface area (Å²) in [7, 11) is 0. The second-order valence-corrected chi connectivity index (χ2v) is 5.29. The third-order valence-corrected chi connectivity index (χ3v) is 4.19. The summed E-state index contributed by atoms with van der Waals surface area (Å²) in [4.78, 5) is 23.7. The van der Waals surface area contributed by atoms with Gasteiger partial charge in [0.05, 0.1) is 17.9 Å². The van der Waals surface area contributed by atoms with E-state index in [-0.39, 0.29) is 12.2 Å². The topological polar surface area (TPSA) is 46.6 Å². The average molecular weight is 273 g/mol.